The molecule has 1 saturated heterocycles. The number of hydrogen-bond acceptors (Lipinski definition) is 5. The molecule has 8 heteroatoms. The Kier molecular flexibility index (Phi) is 6.84. The Morgan fingerprint density at radius 2 is 2.00 bits per heavy atom. The molecule has 4 rings (SSSR count). The van der Waals surface area contributed by atoms with Gasteiger partial charge in [-0.3, -0.25) is 9.59 Å². The molecule has 2 heterocycles. The highest BCUT2D eigenvalue weighted by atomic mass is 35.5. The van der Waals surface area contributed by atoms with Crippen LogP contribution in [0, 0.1) is 13.8 Å². The first-order valence-corrected chi connectivity index (χ1v) is 11.9. The molecule has 0 unspecified atom stereocenters. The number of aryl methyl sites for hydroxylation is 3. The van der Waals surface area contributed by atoms with Crippen molar-refractivity contribution in [3.63, 3.8) is 0 Å². The molecule has 2 aliphatic rings. The molecular weight excluding hydrogens is 436 g/mol. The zero-order chi connectivity index (χ0) is 22.0. The van der Waals surface area contributed by atoms with Gasteiger partial charge in [-0.1, -0.05) is 11.6 Å². The molecule has 31 heavy (non-hydrogen) atoms. The molecule has 1 fully saturated rings. The molecule has 0 saturated carbocycles. The normalized spacial score (nSPS) is 17.5. The molecule has 2 N–H and O–H groups in total. The van der Waals surface area contributed by atoms with E-state index in [4.69, 9.17) is 21.1 Å². The van der Waals surface area contributed by atoms with E-state index in [1.807, 2.05) is 26.0 Å². The van der Waals surface area contributed by atoms with Crippen LogP contribution in [0.2, 0.25) is 5.02 Å². The molecule has 2 amide bonds. The number of benzene rings is 1. The number of nitrogens with one attached hydrogen (secondary N) is 2. The summed E-state index contributed by atoms with van der Waals surface area (Å²) in [5, 5.41) is 7.19. The van der Waals surface area contributed by atoms with Crippen LogP contribution in [-0.2, 0) is 22.4 Å². The zero-order valence-electron chi connectivity index (χ0n) is 17.8. The summed E-state index contributed by atoms with van der Waals surface area (Å²) >= 11 is 7.69. The molecule has 0 radical (unpaired) electrons. The van der Waals surface area contributed by atoms with Gasteiger partial charge in [-0.25, -0.2) is 0 Å². The minimum atomic E-state index is -0.293. The Morgan fingerprint density at radius 1 is 1.23 bits per heavy atom. The van der Waals surface area contributed by atoms with Crippen molar-refractivity contribution >= 4 is 39.8 Å². The number of carbonyl (C=O) groups is 2. The lowest BCUT2D eigenvalue weighted by atomic mass is 10.1. The smallest absolute Gasteiger partial charge is 0.262 e. The second-order valence-electron chi connectivity index (χ2n) is 8.11. The minimum absolute atomic E-state index is 0.0772. The van der Waals surface area contributed by atoms with E-state index >= 15 is 0 Å². The maximum absolute atomic E-state index is 13.0. The lowest BCUT2D eigenvalue weighted by molar-refractivity contribution is -0.118. The number of amides is 2. The Labute approximate surface area is 191 Å². The maximum atomic E-state index is 13.0. The lowest BCUT2D eigenvalue weighted by Crippen LogP contribution is -2.32. The number of ether oxygens (including phenoxy) is 2. The third kappa shape index (κ3) is 5.05. The van der Waals surface area contributed by atoms with E-state index in [1.165, 1.54) is 16.2 Å². The highest BCUT2D eigenvalue weighted by Crippen LogP contribution is 2.39. The molecule has 1 atom stereocenters. The molecule has 1 aliphatic heterocycles. The van der Waals surface area contributed by atoms with Crippen LogP contribution < -0.4 is 15.4 Å². The van der Waals surface area contributed by atoms with Crippen LogP contribution in [-0.4, -0.2) is 37.7 Å². The topological polar surface area (TPSA) is 76.7 Å². The first-order valence-electron chi connectivity index (χ1n) is 10.7. The van der Waals surface area contributed by atoms with E-state index in [2.05, 4.69) is 10.6 Å². The van der Waals surface area contributed by atoms with Gasteiger partial charge in [0.1, 0.15) is 10.8 Å². The largest absolute Gasteiger partial charge is 0.484 e. The van der Waals surface area contributed by atoms with E-state index < -0.39 is 0 Å². The number of anilines is 1. The molecule has 0 spiro atoms. The molecule has 166 valence electrons. The SMILES string of the molecule is Cc1cc(OCC(=O)Nc2sc3c(c2C(=O)NC[C@H]2CCCO2)CCC3)cc(C)c1Cl. The third-order valence-electron chi connectivity index (χ3n) is 5.70. The van der Waals surface area contributed by atoms with E-state index in [0.717, 1.165) is 55.4 Å². The summed E-state index contributed by atoms with van der Waals surface area (Å²) in [4.78, 5) is 26.7. The number of carbonyl (C=O) groups excluding carboxylic acids is 2. The second kappa shape index (κ2) is 9.59. The first-order chi connectivity index (χ1) is 14.9. The first kappa shape index (κ1) is 22.1. The lowest BCUT2D eigenvalue weighted by Gasteiger charge is -2.13. The van der Waals surface area contributed by atoms with E-state index in [9.17, 15) is 9.59 Å². The number of halogens is 1. The quantitative estimate of drug-likeness (QED) is 0.638. The predicted octanol–water partition coefficient (Wildman–Crippen LogP) is 4.43. The average Bonchev–Trinajstić information content (AvgIpc) is 3.46. The van der Waals surface area contributed by atoms with Gasteiger partial charge < -0.3 is 20.1 Å². The Morgan fingerprint density at radius 3 is 2.71 bits per heavy atom. The van der Waals surface area contributed by atoms with Crippen LogP contribution in [0.15, 0.2) is 12.1 Å². The van der Waals surface area contributed by atoms with Gasteiger partial charge in [-0.05, 0) is 74.8 Å². The van der Waals surface area contributed by atoms with Crippen molar-refractivity contribution in [2.24, 2.45) is 0 Å². The summed E-state index contributed by atoms with van der Waals surface area (Å²) in [6.07, 6.45) is 4.93. The zero-order valence-corrected chi connectivity index (χ0v) is 19.4. The fraction of sp³-hybridized carbons (Fsp3) is 0.478. The van der Waals surface area contributed by atoms with Crippen molar-refractivity contribution in [2.75, 3.05) is 25.1 Å². The van der Waals surface area contributed by atoms with Gasteiger partial charge in [0.05, 0.1) is 11.7 Å². The van der Waals surface area contributed by atoms with Gasteiger partial charge in [0, 0.05) is 23.1 Å². The van der Waals surface area contributed by atoms with Crippen LogP contribution in [0.25, 0.3) is 0 Å². The van der Waals surface area contributed by atoms with Crippen LogP contribution in [0.1, 0.15) is 51.2 Å². The van der Waals surface area contributed by atoms with Crippen molar-refractivity contribution in [1.82, 2.24) is 5.32 Å². The van der Waals surface area contributed by atoms with Gasteiger partial charge in [0.15, 0.2) is 6.61 Å². The van der Waals surface area contributed by atoms with Crippen LogP contribution >= 0.6 is 22.9 Å². The highest BCUT2D eigenvalue weighted by Gasteiger charge is 2.28. The molecule has 0 bridgehead atoms. The molecule has 2 aromatic rings. The number of fused-ring (bicyclic) bond motifs is 1. The average molecular weight is 463 g/mol. The maximum Gasteiger partial charge on any atom is 0.262 e. The van der Waals surface area contributed by atoms with Crippen molar-refractivity contribution < 1.29 is 19.1 Å². The predicted molar refractivity (Wildman–Crippen MR) is 123 cm³/mol. The Balaban J connectivity index is 1.41. The summed E-state index contributed by atoms with van der Waals surface area (Å²) in [5.41, 5.74) is 3.46. The molecule has 1 aliphatic carbocycles. The van der Waals surface area contributed by atoms with E-state index in [0.29, 0.717) is 27.9 Å². The van der Waals surface area contributed by atoms with E-state index in [1.54, 1.807) is 0 Å². The summed E-state index contributed by atoms with van der Waals surface area (Å²) in [6.45, 7) is 4.91. The monoisotopic (exact) mass is 462 g/mol. The standard InChI is InChI=1S/C23H27ClN2O4S/c1-13-9-16(10-14(2)21(13)24)30-12-19(27)26-23-20(17-6-3-7-18(17)31-23)22(28)25-11-15-5-4-8-29-15/h9-10,15H,3-8,11-12H2,1-2H3,(H,25,28)(H,26,27)/t15-/m1/s1. The number of thiophene rings is 1. The molecule has 1 aromatic heterocycles. The van der Waals surface area contributed by atoms with Crippen LogP contribution in [0.4, 0.5) is 5.00 Å². The minimum Gasteiger partial charge on any atom is -0.484 e. The summed E-state index contributed by atoms with van der Waals surface area (Å²) in [7, 11) is 0. The van der Waals surface area contributed by atoms with Crippen LogP contribution in [0.5, 0.6) is 5.75 Å². The van der Waals surface area contributed by atoms with Crippen molar-refractivity contribution in [1.29, 1.82) is 0 Å². The van der Waals surface area contributed by atoms with Crippen LogP contribution in [0.3, 0.4) is 0 Å². The highest BCUT2D eigenvalue weighted by molar-refractivity contribution is 7.17. The molecular formula is C23H27ClN2O4S. The van der Waals surface area contributed by atoms with Crippen molar-refractivity contribution in [2.45, 2.75) is 52.1 Å². The van der Waals surface area contributed by atoms with Gasteiger partial charge in [-0.15, -0.1) is 11.3 Å². The van der Waals surface area contributed by atoms with Gasteiger partial charge >= 0.3 is 0 Å². The Hall–Kier alpha value is -2.09. The fourth-order valence-corrected chi connectivity index (χ4v) is 5.55. The summed E-state index contributed by atoms with van der Waals surface area (Å²) in [5.74, 6) is 0.158. The summed E-state index contributed by atoms with van der Waals surface area (Å²) < 4.78 is 11.3. The second-order valence-corrected chi connectivity index (χ2v) is 9.60. The van der Waals surface area contributed by atoms with Crippen molar-refractivity contribution in [3.8, 4) is 5.75 Å². The number of rotatable bonds is 7. The Bertz CT molecular complexity index is 975. The van der Waals surface area contributed by atoms with E-state index in [-0.39, 0.29) is 24.5 Å². The van der Waals surface area contributed by atoms with Gasteiger partial charge in [0.2, 0.25) is 0 Å². The van der Waals surface area contributed by atoms with Gasteiger partial charge in [0.25, 0.3) is 11.8 Å². The summed E-state index contributed by atoms with van der Waals surface area (Å²) in [6, 6.07) is 3.62. The molecule has 1 aromatic carbocycles. The van der Waals surface area contributed by atoms with Gasteiger partial charge in [-0.2, -0.15) is 0 Å². The van der Waals surface area contributed by atoms with Crippen molar-refractivity contribution in [3.05, 3.63) is 44.3 Å². The third-order valence-corrected chi connectivity index (χ3v) is 7.50. The molecule has 6 nitrogen and oxygen atoms in total. The fourth-order valence-electron chi connectivity index (χ4n) is 4.13. The number of hydrogen-bond donors (Lipinski definition) is 2.